The van der Waals surface area contributed by atoms with E-state index >= 15 is 0 Å². The lowest BCUT2D eigenvalue weighted by atomic mass is 10.2. The number of para-hydroxylation sites is 1. The van der Waals surface area contributed by atoms with Gasteiger partial charge < -0.3 is 4.90 Å². The minimum absolute atomic E-state index is 0.207. The number of hydrogen-bond acceptors (Lipinski definition) is 5. The highest BCUT2D eigenvalue weighted by atomic mass is 35.5. The molecule has 0 spiro atoms. The maximum atomic E-state index is 12.7. The van der Waals surface area contributed by atoms with Gasteiger partial charge in [-0.05, 0) is 24.3 Å². The Hall–Kier alpha value is -3.08. The van der Waals surface area contributed by atoms with Crippen LogP contribution in [0, 0.1) is 11.3 Å². The molecule has 0 bridgehead atoms. The highest BCUT2D eigenvalue weighted by Gasteiger charge is 2.24. The Morgan fingerprint density at radius 1 is 1.10 bits per heavy atom. The first-order chi connectivity index (χ1) is 14.1. The summed E-state index contributed by atoms with van der Waals surface area (Å²) < 4.78 is 3.43. The monoisotopic (exact) mass is 408 g/mol. The molecule has 29 heavy (non-hydrogen) atoms. The van der Waals surface area contributed by atoms with E-state index in [2.05, 4.69) is 20.9 Å². The molecule has 0 aliphatic carbocycles. The van der Waals surface area contributed by atoms with Crippen molar-refractivity contribution < 1.29 is 0 Å². The molecule has 1 aliphatic heterocycles. The molecule has 3 heterocycles. The lowest BCUT2D eigenvalue weighted by molar-refractivity contribution is 0.242. The van der Waals surface area contributed by atoms with Gasteiger partial charge in [0.05, 0.1) is 16.9 Å². The number of benzene rings is 1. The number of anilines is 1. The molecule has 0 radical (unpaired) electrons. The highest BCUT2D eigenvalue weighted by molar-refractivity contribution is 6.31. The zero-order valence-corrected chi connectivity index (χ0v) is 16.9. The fourth-order valence-corrected chi connectivity index (χ4v) is 3.97. The molecular formula is C21H21ClN6O. The quantitative estimate of drug-likeness (QED) is 0.663. The van der Waals surface area contributed by atoms with E-state index in [4.69, 9.17) is 11.6 Å². The van der Waals surface area contributed by atoms with Crippen molar-refractivity contribution in [3.05, 3.63) is 75.3 Å². The van der Waals surface area contributed by atoms with E-state index < -0.39 is 0 Å². The molecule has 0 amide bonds. The molecule has 0 atom stereocenters. The fraction of sp³-hybridized carbons (Fsp3) is 0.286. The van der Waals surface area contributed by atoms with Gasteiger partial charge in [0.25, 0.3) is 5.56 Å². The summed E-state index contributed by atoms with van der Waals surface area (Å²) >= 11 is 6.42. The molecule has 3 aromatic rings. The predicted molar refractivity (Wildman–Crippen MR) is 112 cm³/mol. The van der Waals surface area contributed by atoms with E-state index in [0.29, 0.717) is 12.1 Å². The van der Waals surface area contributed by atoms with Gasteiger partial charge in [-0.2, -0.15) is 5.26 Å². The van der Waals surface area contributed by atoms with Gasteiger partial charge in [0.15, 0.2) is 0 Å². The predicted octanol–water partition coefficient (Wildman–Crippen LogP) is 2.42. The topological polar surface area (TPSA) is 70.1 Å². The van der Waals surface area contributed by atoms with Gasteiger partial charge in [0, 0.05) is 46.0 Å². The zero-order valence-electron chi connectivity index (χ0n) is 16.1. The van der Waals surface area contributed by atoms with E-state index in [9.17, 15) is 10.1 Å². The van der Waals surface area contributed by atoms with Crippen LogP contribution in [0.15, 0.2) is 53.5 Å². The smallest absolute Gasteiger partial charge is 0.290 e. The second kappa shape index (κ2) is 8.11. The minimum Gasteiger partial charge on any atom is -0.353 e. The second-order valence-electron chi connectivity index (χ2n) is 6.99. The lowest BCUT2D eigenvalue weighted by Crippen LogP contribution is -2.46. The number of nitriles is 1. The zero-order chi connectivity index (χ0) is 20.4. The van der Waals surface area contributed by atoms with Crippen molar-refractivity contribution in [2.75, 3.05) is 31.1 Å². The van der Waals surface area contributed by atoms with Crippen molar-refractivity contribution in [1.29, 1.82) is 5.26 Å². The molecule has 1 saturated heterocycles. The van der Waals surface area contributed by atoms with Gasteiger partial charge in [-0.3, -0.25) is 14.4 Å². The van der Waals surface area contributed by atoms with Crippen LogP contribution in [-0.2, 0) is 13.6 Å². The summed E-state index contributed by atoms with van der Waals surface area (Å²) in [5.41, 5.74) is 1.97. The maximum Gasteiger partial charge on any atom is 0.290 e. The first-order valence-corrected chi connectivity index (χ1v) is 9.82. The van der Waals surface area contributed by atoms with Crippen LogP contribution in [0.25, 0.3) is 5.69 Å². The van der Waals surface area contributed by atoms with Gasteiger partial charge >= 0.3 is 0 Å². The van der Waals surface area contributed by atoms with Crippen LogP contribution < -0.4 is 10.5 Å². The van der Waals surface area contributed by atoms with Gasteiger partial charge in [-0.15, -0.1) is 0 Å². The summed E-state index contributed by atoms with van der Waals surface area (Å²) in [5.74, 6) is 0.732. The van der Waals surface area contributed by atoms with Crippen molar-refractivity contribution in [3.8, 4) is 11.8 Å². The molecule has 2 aromatic heterocycles. The molecular weight excluding hydrogens is 388 g/mol. The summed E-state index contributed by atoms with van der Waals surface area (Å²) in [7, 11) is 1.86. The molecule has 0 N–H and O–H groups in total. The first kappa shape index (κ1) is 19.2. The number of hydrogen-bond donors (Lipinski definition) is 0. The van der Waals surface area contributed by atoms with E-state index in [1.165, 1.54) is 0 Å². The van der Waals surface area contributed by atoms with E-state index in [1.807, 2.05) is 42.1 Å². The molecule has 1 aromatic carbocycles. The Labute approximate surface area is 174 Å². The van der Waals surface area contributed by atoms with Gasteiger partial charge in [-0.25, -0.2) is 9.67 Å². The summed E-state index contributed by atoms with van der Waals surface area (Å²) in [5, 5.41) is 9.56. The third-order valence-corrected chi connectivity index (χ3v) is 5.66. The largest absolute Gasteiger partial charge is 0.353 e. The third-order valence-electron chi connectivity index (χ3n) is 5.28. The van der Waals surface area contributed by atoms with Crippen LogP contribution >= 0.6 is 11.6 Å². The Morgan fingerprint density at radius 2 is 1.83 bits per heavy atom. The Bertz CT molecular complexity index is 1110. The number of piperazine rings is 1. The molecule has 1 aliphatic rings. The molecule has 8 heteroatoms. The average molecular weight is 409 g/mol. The first-order valence-electron chi connectivity index (χ1n) is 9.44. The number of halogens is 1. The average Bonchev–Trinajstić information content (AvgIpc) is 2.98. The number of aromatic nitrogens is 3. The van der Waals surface area contributed by atoms with Gasteiger partial charge in [0.2, 0.25) is 0 Å². The Balaban J connectivity index is 1.51. The number of nitrogens with zero attached hydrogens (tertiary/aromatic N) is 6. The minimum atomic E-state index is -0.207. The molecule has 0 saturated carbocycles. The van der Waals surface area contributed by atoms with Crippen LogP contribution in [0.4, 0.5) is 5.82 Å². The summed E-state index contributed by atoms with van der Waals surface area (Å²) in [4.78, 5) is 21.5. The molecule has 0 unspecified atom stereocenters. The van der Waals surface area contributed by atoms with Crippen molar-refractivity contribution in [2.45, 2.75) is 6.54 Å². The molecule has 7 nitrogen and oxygen atoms in total. The van der Waals surface area contributed by atoms with Crippen molar-refractivity contribution in [2.24, 2.45) is 7.05 Å². The summed E-state index contributed by atoms with van der Waals surface area (Å²) in [6, 6.07) is 15.3. The maximum absolute atomic E-state index is 12.7. The lowest BCUT2D eigenvalue weighted by Gasteiger charge is -2.35. The van der Waals surface area contributed by atoms with Crippen LogP contribution in [0.2, 0.25) is 5.02 Å². The van der Waals surface area contributed by atoms with E-state index in [1.54, 1.807) is 23.0 Å². The molecule has 1 fully saturated rings. The van der Waals surface area contributed by atoms with Crippen molar-refractivity contribution >= 4 is 17.4 Å². The van der Waals surface area contributed by atoms with Crippen molar-refractivity contribution in [1.82, 2.24) is 19.2 Å². The normalized spacial score (nSPS) is 14.7. The van der Waals surface area contributed by atoms with Crippen molar-refractivity contribution in [3.63, 3.8) is 0 Å². The third kappa shape index (κ3) is 3.65. The standard InChI is InChI=1S/C21H21ClN6O/c1-25-18(19(22)21(29)28(25)17-7-3-2-4-8-17)15-26-10-12-27(13-11-26)20-16(14-23)6-5-9-24-20/h2-9H,10-13,15H2,1H3. The molecule has 4 rings (SSSR count). The van der Waals surface area contributed by atoms with Crippen LogP contribution in [-0.4, -0.2) is 45.4 Å². The van der Waals surface area contributed by atoms with Gasteiger partial charge in [0.1, 0.15) is 16.9 Å². The van der Waals surface area contributed by atoms with Gasteiger partial charge in [-0.1, -0.05) is 29.8 Å². The number of rotatable bonds is 4. The summed E-state index contributed by atoms with van der Waals surface area (Å²) in [6.45, 7) is 3.70. The SMILES string of the molecule is Cn1c(CN2CCN(c3ncccc3C#N)CC2)c(Cl)c(=O)n1-c1ccccc1. The summed E-state index contributed by atoms with van der Waals surface area (Å²) in [6.07, 6.45) is 1.71. The number of pyridine rings is 1. The van der Waals surface area contributed by atoms with Crippen LogP contribution in [0.5, 0.6) is 0 Å². The van der Waals surface area contributed by atoms with E-state index in [-0.39, 0.29) is 10.6 Å². The van der Waals surface area contributed by atoms with E-state index in [0.717, 1.165) is 43.4 Å². The molecule has 148 valence electrons. The van der Waals surface area contributed by atoms with Crippen LogP contribution in [0.1, 0.15) is 11.3 Å². The van der Waals surface area contributed by atoms with Crippen LogP contribution in [0.3, 0.4) is 0 Å². The Morgan fingerprint density at radius 3 is 2.52 bits per heavy atom. The fourth-order valence-electron chi connectivity index (χ4n) is 3.71. The highest BCUT2D eigenvalue weighted by Crippen LogP contribution is 2.21. The Kier molecular flexibility index (Phi) is 5.38. The second-order valence-corrected chi connectivity index (χ2v) is 7.36.